The first-order valence-electron chi connectivity index (χ1n) is 6.52. The largest absolute Gasteiger partial charge is 0.397 e. The van der Waals surface area contributed by atoms with E-state index in [2.05, 4.69) is 10.3 Å². The van der Waals surface area contributed by atoms with Crippen molar-refractivity contribution >= 4 is 33.1 Å². The summed E-state index contributed by atoms with van der Waals surface area (Å²) in [5.41, 5.74) is 8.54. The second-order valence-corrected chi connectivity index (χ2v) is 5.99. The number of nitrogen functional groups attached to an aromatic ring is 1. The Morgan fingerprint density at radius 2 is 2.25 bits per heavy atom. The SMILES string of the molecule is Cc1cc(C)c2c(N)c(C(=O)NC(C)CCO)sc2n1. The Morgan fingerprint density at radius 1 is 1.55 bits per heavy atom. The maximum Gasteiger partial charge on any atom is 0.263 e. The highest BCUT2D eigenvalue weighted by Gasteiger charge is 2.19. The molecule has 5 nitrogen and oxygen atoms in total. The summed E-state index contributed by atoms with van der Waals surface area (Å²) in [6.45, 7) is 5.79. The van der Waals surface area contributed by atoms with E-state index in [-0.39, 0.29) is 18.6 Å². The normalized spacial score (nSPS) is 12.6. The van der Waals surface area contributed by atoms with Crippen LogP contribution in [0.25, 0.3) is 10.2 Å². The Balaban J connectivity index is 2.38. The summed E-state index contributed by atoms with van der Waals surface area (Å²) in [6, 6.07) is 1.87. The number of carbonyl (C=O) groups excluding carboxylic acids is 1. The van der Waals surface area contributed by atoms with Gasteiger partial charge in [-0.3, -0.25) is 4.79 Å². The maximum atomic E-state index is 12.2. The van der Waals surface area contributed by atoms with E-state index in [1.165, 1.54) is 11.3 Å². The van der Waals surface area contributed by atoms with Crippen LogP contribution in [0.5, 0.6) is 0 Å². The number of carbonyl (C=O) groups is 1. The van der Waals surface area contributed by atoms with E-state index in [0.717, 1.165) is 21.5 Å². The Bertz CT molecular complexity index is 651. The van der Waals surface area contributed by atoms with Crippen LogP contribution in [0.4, 0.5) is 5.69 Å². The molecule has 108 valence electrons. The van der Waals surface area contributed by atoms with E-state index in [9.17, 15) is 4.79 Å². The Labute approximate surface area is 121 Å². The quantitative estimate of drug-likeness (QED) is 0.804. The van der Waals surface area contributed by atoms with Crippen molar-refractivity contribution in [1.29, 1.82) is 0 Å². The lowest BCUT2D eigenvalue weighted by atomic mass is 10.1. The molecule has 2 heterocycles. The van der Waals surface area contributed by atoms with E-state index in [4.69, 9.17) is 10.8 Å². The van der Waals surface area contributed by atoms with Gasteiger partial charge in [-0.25, -0.2) is 4.98 Å². The first-order chi connectivity index (χ1) is 9.43. The number of anilines is 1. The third-order valence-corrected chi connectivity index (χ3v) is 4.27. The molecule has 1 atom stereocenters. The van der Waals surface area contributed by atoms with Gasteiger partial charge in [-0.05, 0) is 38.8 Å². The molecule has 0 bridgehead atoms. The lowest BCUT2D eigenvalue weighted by Crippen LogP contribution is -2.33. The van der Waals surface area contributed by atoms with Crippen molar-refractivity contribution in [3.63, 3.8) is 0 Å². The molecule has 0 aliphatic heterocycles. The zero-order chi connectivity index (χ0) is 14.9. The summed E-state index contributed by atoms with van der Waals surface area (Å²) in [5.74, 6) is -0.205. The minimum atomic E-state index is -0.205. The van der Waals surface area contributed by atoms with Crippen LogP contribution in [0, 0.1) is 13.8 Å². The highest BCUT2D eigenvalue weighted by atomic mass is 32.1. The molecule has 6 heteroatoms. The Kier molecular flexibility index (Phi) is 4.25. The molecular formula is C14H19N3O2S. The smallest absolute Gasteiger partial charge is 0.263 e. The molecule has 20 heavy (non-hydrogen) atoms. The molecule has 0 saturated carbocycles. The lowest BCUT2D eigenvalue weighted by molar-refractivity contribution is 0.0939. The molecule has 0 aliphatic rings. The molecule has 0 saturated heterocycles. The van der Waals surface area contributed by atoms with E-state index in [0.29, 0.717) is 17.0 Å². The number of hydrogen-bond donors (Lipinski definition) is 3. The fourth-order valence-corrected chi connectivity index (χ4v) is 3.31. The number of hydrogen-bond acceptors (Lipinski definition) is 5. The fraction of sp³-hybridized carbons (Fsp3) is 0.429. The number of rotatable bonds is 4. The summed E-state index contributed by atoms with van der Waals surface area (Å²) >= 11 is 1.31. The van der Waals surface area contributed by atoms with Gasteiger partial charge in [0.2, 0.25) is 0 Å². The molecule has 2 aromatic heterocycles. The number of nitrogens with two attached hydrogens (primary N) is 1. The van der Waals surface area contributed by atoms with Crippen molar-refractivity contribution in [1.82, 2.24) is 10.3 Å². The predicted octanol–water partition coefficient (Wildman–Crippen LogP) is 2.00. The van der Waals surface area contributed by atoms with Crippen LogP contribution in [0.2, 0.25) is 0 Å². The lowest BCUT2D eigenvalue weighted by Gasteiger charge is -2.11. The molecule has 0 spiro atoms. The molecule has 1 amide bonds. The molecule has 0 aromatic carbocycles. The van der Waals surface area contributed by atoms with Gasteiger partial charge in [-0.15, -0.1) is 11.3 Å². The van der Waals surface area contributed by atoms with Crippen molar-refractivity contribution in [2.75, 3.05) is 12.3 Å². The van der Waals surface area contributed by atoms with Gasteiger partial charge in [0.1, 0.15) is 9.71 Å². The zero-order valence-electron chi connectivity index (χ0n) is 11.9. The standard InChI is InChI=1S/C14H19N3O2S/c1-7-6-9(3)17-14-10(7)11(15)12(20-14)13(19)16-8(2)4-5-18/h6,8,18H,4-5,15H2,1-3H3,(H,16,19). The number of amides is 1. The van der Waals surface area contributed by atoms with Gasteiger partial charge in [-0.1, -0.05) is 0 Å². The number of nitrogens with zero attached hydrogens (tertiary/aromatic N) is 1. The van der Waals surface area contributed by atoms with Crippen molar-refractivity contribution in [2.45, 2.75) is 33.2 Å². The molecule has 2 rings (SSSR count). The van der Waals surface area contributed by atoms with Crippen molar-refractivity contribution in [2.24, 2.45) is 0 Å². The third-order valence-electron chi connectivity index (χ3n) is 3.17. The number of aliphatic hydroxyl groups is 1. The Hall–Kier alpha value is -1.66. The monoisotopic (exact) mass is 293 g/mol. The van der Waals surface area contributed by atoms with Gasteiger partial charge in [0.25, 0.3) is 5.91 Å². The van der Waals surface area contributed by atoms with Crippen LogP contribution in [-0.4, -0.2) is 28.6 Å². The number of aromatic nitrogens is 1. The van der Waals surface area contributed by atoms with Crippen LogP contribution in [0.1, 0.15) is 34.3 Å². The second-order valence-electron chi connectivity index (χ2n) is 4.99. The molecule has 0 aliphatic carbocycles. The van der Waals surface area contributed by atoms with Crippen LogP contribution in [0.3, 0.4) is 0 Å². The minimum Gasteiger partial charge on any atom is -0.397 e. The van der Waals surface area contributed by atoms with E-state index in [1.807, 2.05) is 26.8 Å². The van der Waals surface area contributed by atoms with Crippen LogP contribution in [-0.2, 0) is 0 Å². The molecule has 0 radical (unpaired) electrons. The summed E-state index contributed by atoms with van der Waals surface area (Å²) < 4.78 is 0. The van der Waals surface area contributed by atoms with E-state index in [1.54, 1.807) is 0 Å². The maximum absolute atomic E-state index is 12.2. The number of fused-ring (bicyclic) bond motifs is 1. The number of aliphatic hydroxyl groups excluding tert-OH is 1. The van der Waals surface area contributed by atoms with Gasteiger partial charge >= 0.3 is 0 Å². The Morgan fingerprint density at radius 3 is 2.90 bits per heavy atom. The number of nitrogens with one attached hydrogen (secondary N) is 1. The van der Waals surface area contributed by atoms with Gasteiger partial charge in [0, 0.05) is 23.7 Å². The van der Waals surface area contributed by atoms with Gasteiger partial charge in [0.15, 0.2) is 0 Å². The van der Waals surface area contributed by atoms with Crippen LogP contribution in [0.15, 0.2) is 6.07 Å². The molecule has 4 N–H and O–H groups in total. The number of aryl methyl sites for hydroxylation is 2. The number of thiophene rings is 1. The first-order valence-corrected chi connectivity index (χ1v) is 7.33. The second kappa shape index (κ2) is 5.76. The summed E-state index contributed by atoms with van der Waals surface area (Å²) in [6.07, 6.45) is 0.521. The average Bonchev–Trinajstić information content (AvgIpc) is 2.66. The summed E-state index contributed by atoms with van der Waals surface area (Å²) in [5, 5.41) is 12.6. The van der Waals surface area contributed by atoms with Gasteiger partial charge < -0.3 is 16.2 Å². The summed E-state index contributed by atoms with van der Waals surface area (Å²) in [7, 11) is 0. The molecular weight excluding hydrogens is 274 g/mol. The predicted molar refractivity (Wildman–Crippen MR) is 82.1 cm³/mol. The molecule has 1 unspecified atom stereocenters. The average molecular weight is 293 g/mol. The van der Waals surface area contributed by atoms with Crippen LogP contribution >= 0.6 is 11.3 Å². The molecule has 0 fully saturated rings. The topological polar surface area (TPSA) is 88.2 Å². The highest BCUT2D eigenvalue weighted by Crippen LogP contribution is 2.34. The zero-order valence-corrected chi connectivity index (χ0v) is 12.7. The first kappa shape index (κ1) is 14.7. The van der Waals surface area contributed by atoms with Gasteiger partial charge in [-0.2, -0.15) is 0 Å². The van der Waals surface area contributed by atoms with Crippen molar-refractivity contribution in [3.8, 4) is 0 Å². The minimum absolute atomic E-state index is 0.0448. The molecule has 2 aromatic rings. The van der Waals surface area contributed by atoms with Crippen LogP contribution < -0.4 is 11.1 Å². The fourth-order valence-electron chi connectivity index (χ4n) is 2.19. The van der Waals surface area contributed by atoms with E-state index < -0.39 is 0 Å². The van der Waals surface area contributed by atoms with Crippen molar-refractivity contribution in [3.05, 3.63) is 22.2 Å². The van der Waals surface area contributed by atoms with Gasteiger partial charge in [0.05, 0.1) is 5.69 Å². The third kappa shape index (κ3) is 2.76. The summed E-state index contributed by atoms with van der Waals surface area (Å²) in [4.78, 5) is 17.9. The van der Waals surface area contributed by atoms with E-state index >= 15 is 0 Å². The number of pyridine rings is 1. The van der Waals surface area contributed by atoms with Crippen molar-refractivity contribution < 1.29 is 9.90 Å². The highest BCUT2D eigenvalue weighted by molar-refractivity contribution is 7.21.